The molecule has 6 nitrogen and oxygen atoms in total. The van der Waals surface area contributed by atoms with Gasteiger partial charge in [-0.15, -0.1) is 0 Å². The van der Waals surface area contributed by atoms with Crippen LogP contribution in [0.5, 0.6) is 0 Å². The summed E-state index contributed by atoms with van der Waals surface area (Å²) in [5.41, 5.74) is 1.63. The Hall–Kier alpha value is -1.82. The van der Waals surface area contributed by atoms with Gasteiger partial charge in [0.1, 0.15) is 5.82 Å². The zero-order valence-electron chi connectivity index (χ0n) is 11.9. The maximum Gasteiger partial charge on any atom is 0.328 e. The van der Waals surface area contributed by atoms with Gasteiger partial charge in [-0.25, -0.2) is 4.79 Å². The minimum Gasteiger partial charge on any atom is -0.478 e. The Balaban J connectivity index is 2.95. The highest BCUT2D eigenvalue weighted by Gasteiger charge is 2.14. The van der Waals surface area contributed by atoms with E-state index in [2.05, 4.69) is 5.10 Å². The maximum absolute atomic E-state index is 10.6. The number of hydrogen-bond donors (Lipinski definition) is 1. The summed E-state index contributed by atoms with van der Waals surface area (Å²) < 4.78 is 7.08. The molecular weight excluding hydrogens is 246 g/mol. The molecule has 0 aliphatic rings. The molecule has 19 heavy (non-hydrogen) atoms. The molecule has 0 aliphatic carbocycles. The monoisotopic (exact) mass is 267 g/mol. The molecule has 0 saturated heterocycles. The van der Waals surface area contributed by atoms with E-state index in [4.69, 9.17) is 9.84 Å². The first-order chi connectivity index (χ1) is 8.97. The van der Waals surface area contributed by atoms with Crippen molar-refractivity contribution in [2.24, 2.45) is 7.05 Å². The first-order valence-electron chi connectivity index (χ1n) is 6.20. The van der Waals surface area contributed by atoms with Gasteiger partial charge in [0.25, 0.3) is 0 Å². The Morgan fingerprint density at radius 2 is 2.26 bits per heavy atom. The predicted molar refractivity (Wildman–Crippen MR) is 74.4 cm³/mol. The molecule has 106 valence electrons. The fourth-order valence-electron chi connectivity index (χ4n) is 1.92. The SMILES string of the molecule is CCOCCN(C)c1c(/C=C/C(=O)O)c(C)nn1C. The number of carboxylic acid groups (broad SMARTS) is 1. The van der Waals surface area contributed by atoms with E-state index in [0.29, 0.717) is 13.2 Å². The largest absolute Gasteiger partial charge is 0.478 e. The second kappa shape index (κ2) is 6.94. The number of aliphatic carboxylic acids is 1. The van der Waals surface area contributed by atoms with E-state index in [9.17, 15) is 4.79 Å². The third-order valence-electron chi connectivity index (χ3n) is 2.77. The lowest BCUT2D eigenvalue weighted by molar-refractivity contribution is -0.131. The molecule has 0 radical (unpaired) electrons. The van der Waals surface area contributed by atoms with Crippen molar-refractivity contribution >= 4 is 17.9 Å². The zero-order chi connectivity index (χ0) is 14.4. The average molecular weight is 267 g/mol. The number of carboxylic acids is 1. The number of rotatable bonds is 7. The number of nitrogens with zero attached hydrogens (tertiary/aromatic N) is 3. The van der Waals surface area contributed by atoms with Crippen molar-refractivity contribution in [1.82, 2.24) is 9.78 Å². The molecule has 0 fully saturated rings. The van der Waals surface area contributed by atoms with Crippen molar-refractivity contribution in [2.75, 3.05) is 31.7 Å². The Morgan fingerprint density at radius 3 is 2.84 bits per heavy atom. The standard InChI is InChI=1S/C13H21N3O3/c1-5-19-9-8-15(3)13-11(6-7-12(17)18)10(2)14-16(13)4/h6-7H,5,8-9H2,1-4H3,(H,17,18)/b7-6+. The summed E-state index contributed by atoms with van der Waals surface area (Å²) in [7, 11) is 3.78. The second-order valence-corrected chi connectivity index (χ2v) is 4.24. The smallest absolute Gasteiger partial charge is 0.328 e. The van der Waals surface area contributed by atoms with E-state index >= 15 is 0 Å². The van der Waals surface area contributed by atoms with Crippen LogP contribution in [0.2, 0.25) is 0 Å². The van der Waals surface area contributed by atoms with Gasteiger partial charge in [-0.05, 0) is 19.9 Å². The molecule has 0 aromatic carbocycles. The van der Waals surface area contributed by atoms with Gasteiger partial charge in [-0.1, -0.05) is 0 Å². The zero-order valence-corrected chi connectivity index (χ0v) is 11.9. The number of aryl methyl sites for hydroxylation is 2. The molecule has 1 heterocycles. The van der Waals surface area contributed by atoms with Gasteiger partial charge in [-0.3, -0.25) is 4.68 Å². The molecule has 6 heteroatoms. The van der Waals surface area contributed by atoms with Gasteiger partial charge in [0.15, 0.2) is 0 Å². The lowest BCUT2D eigenvalue weighted by Crippen LogP contribution is -2.25. The summed E-state index contributed by atoms with van der Waals surface area (Å²) in [6, 6.07) is 0. The molecule has 1 N–H and O–H groups in total. The average Bonchev–Trinajstić information content (AvgIpc) is 2.61. The molecule has 0 atom stereocenters. The lowest BCUT2D eigenvalue weighted by atomic mass is 10.2. The van der Waals surface area contributed by atoms with Crippen LogP contribution in [0.15, 0.2) is 6.08 Å². The van der Waals surface area contributed by atoms with Gasteiger partial charge in [0.05, 0.1) is 12.3 Å². The van der Waals surface area contributed by atoms with Crippen molar-refractivity contribution in [3.63, 3.8) is 0 Å². The van der Waals surface area contributed by atoms with Crippen LogP contribution in [0, 0.1) is 6.92 Å². The number of aromatic nitrogens is 2. The van der Waals surface area contributed by atoms with Gasteiger partial charge < -0.3 is 14.7 Å². The van der Waals surface area contributed by atoms with Crippen LogP contribution in [0.25, 0.3) is 6.08 Å². The van der Waals surface area contributed by atoms with E-state index in [0.717, 1.165) is 29.7 Å². The van der Waals surface area contributed by atoms with Crippen LogP contribution in [-0.4, -0.2) is 47.7 Å². The fraction of sp³-hybridized carbons (Fsp3) is 0.538. The highest BCUT2D eigenvalue weighted by atomic mass is 16.5. The Labute approximate surface area is 113 Å². The minimum atomic E-state index is -0.967. The highest BCUT2D eigenvalue weighted by molar-refractivity contribution is 5.87. The van der Waals surface area contributed by atoms with Gasteiger partial charge >= 0.3 is 5.97 Å². The van der Waals surface area contributed by atoms with Crippen LogP contribution < -0.4 is 4.90 Å². The molecule has 0 saturated carbocycles. The van der Waals surface area contributed by atoms with Crippen molar-refractivity contribution in [1.29, 1.82) is 0 Å². The highest BCUT2D eigenvalue weighted by Crippen LogP contribution is 2.23. The van der Waals surface area contributed by atoms with E-state index in [-0.39, 0.29) is 0 Å². The molecule has 1 rings (SSSR count). The number of carbonyl (C=O) groups is 1. The molecule has 0 bridgehead atoms. The van der Waals surface area contributed by atoms with Crippen molar-refractivity contribution < 1.29 is 14.6 Å². The molecule has 1 aromatic rings. The fourth-order valence-corrected chi connectivity index (χ4v) is 1.92. The number of ether oxygens (including phenoxy) is 1. The molecule has 0 aliphatic heterocycles. The van der Waals surface area contributed by atoms with E-state index in [1.807, 2.05) is 32.8 Å². The summed E-state index contributed by atoms with van der Waals surface area (Å²) >= 11 is 0. The Kier molecular flexibility index (Phi) is 5.57. The minimum absolute atomic E-state index is 0.624. The first kappa shape index (κ1) is 15.2. The quantitative estimate of drug-likeness (QED) is 0.596. The first-order valence-corrected chi connectivity index (χ1v) is 6.20. The van der Waals surface area contributed by atoms with E-state index < -0.39 is 5.97 Å². The Bertz CT molecular complexity index is 466. The number of hydrogen-bond acceptors (Lipinski definition) is 4. The van der Waals surface area contributed by atoms with Crippen LogP contribution in [-0.2, 0) is 16.6 Å². The van der Waals surface area contributed by atoms with Crippen molar-refractivity contribution in [3.05, 3.63) is 17.3 Å². The van der Waals surface area contributed by atoms with Crippen LogP contribution in [0.4, 0.5) is 5.82 Å². The van der Waals surface area contributed by atoms with Gasteiger partial charge in [0.2, 0.25) is 0 Å². The predicted octanol–water partition coefficient (Wildman–Crippen LogP) is 1.30. The normalized spacial score (nSPS) is 11.2. The van der Waals surface area contributed by atoms with Gasteiger partial charge in [-0.2, -0.15) is 5.10 Å². The molecule has 0 amide bonds. The Morgan fingerprint density at radius 1 is 1.58 bits per heavy atom. The summed E-state index contributed by atoms with van der Waals surface area (Å²) in [5, 5.41) is 13.1. The van der Waals surface area contributed by atoms with Crippen LogP contribution in [0.1, 0.15) is 18.2 Å². The van der Waals surface area contributed by atoms with Crippen LogP contribution >= 0.6 is 0 Å². The van der Waals surface area contributed by atoms with E-state index in [1.165, 1.54) is 0 Å². The third-order valence-corrected chi connectivity index (χ3v) is 2.77. The van der Waals surface area contributed by atoms with E-state index in [1.54, 1.807) is 10.8 Å². The topological polar surface area (TPSA) is 67.6 Å². The second-order valence-electron chi connectivity index (χ2n) is 4.24. The van der Waals surface area contributed by atoms with Gasteiger partial charge in [0, 0.05) is 38.9 Å². The molecular formula is C13H21N3O3. The summed E-state index contributed by atoms with van der Waals surface area (Å²) in [6.07, 6.45) is 2.71. The summed E-state index contributed by atoms with van der Waals surface area (Å²) in [5.74, 6) is -0.0825. The lowest BCUT2D eigenvalue weighted by Gasteiger charge is -2.20. The third kappa shape index (κ3) is 4.10. The molecule has 0 unspecified atom stereocenters. The number of anilines is 1. The molecule has 0 spiro atoms. The van der Waals surface area contributed by atoms with Crippen molar-refractivity contribution in [2.45, 2.75) is 13.8 Å². The van der Waals surface area contributed by atoms with Crippen LogP contribution in [0.3, 0.4) is 0 Å². The summed E-state index contributed by atoms with van der Waals surface area (Å²) in [6.45, 7) is 5.85. The van der Waals surface area contributed by atoms with Crippen molar-refractivity contribution in [3.8, 4) is 0 Å². The molecule has 1 aromatic heterocycles. The number of likely N-dealkylation sites (N-methyl/N-ethyl adjacent to an activating group) is 1. The summed E-state index contributed by atoms with van der Waals surface area (Å²) in [4.78, 5) is 12.6. The maximum atomic E-state index is 10.6.